The lowest BCUT2D eigenvalue weighted by Gasteiger charge is -2.30. The Morgan fingerprint density at radius 1 is 1.18 bits per heavy atom. The van der Waals surface area contributed by atoms with Gasteiger partial charge in [0.1, 0.15) is 4.21 Å². The number of pyridine rings is 1. The first-order chi connectivity index (χ1) is 13.4. The fourth-order valence-corrected chi connectivity index (χ4v) is 6.95. The van der Waals surface area contributed by atoms with E-state index in [0.29, 0.717) is 30.1 Å². The minimum atomic E-state index is -3.49. The number of nitrogens with zero attached hydrogens (tertiary/aromatic N) is 2. The van der Waals surface area contributed by atoms with Crippen molar-refractivity contribution in [2.24, 2.45) is 5.92 Å². The van der Waals surface area contributed by atoms with Gasteiger partial charge in [-0.25, -0.2) is 8.42 Å². The summed E-state index contributed by atoms with van der Waals surface area (Å²) >= 11 is 4.50. The molecule has 9 heteroatoms. The number of piperidine rings is 1. The quantitative estimate of drug-likeness (QED) is 0.610. The third-order valence-electron chi connectivity index (χ3n) is 4.84. The summed E-state index contributed by atoms with van der Waals surface area (Å²) in [7, 11) is -3.49. The van der Waals surface area contributed by atoms with Gasteiger partial charge in [0.15, 0.2) is 0 Å². The van der Waals surface area contributed by atoms with E-state index in [-0.39, 0.29) is 11.8 Å². The molecule has 146 valence electrons. The lowest BCUT2D eigenvalue weighted by Crippen LogP contribution is -2.41. The van der Waals surface area contributed by atoms with E-state index in [4.69, 9.17) is 0 Å². The topological polar surface area (TPSA) is 79.4 Å². The number of carbonyl (C=O) groups is 1. The number of amides is 1. The Hall–Kier alpha value is -1.81. The monoisotopic (exact) mass is 479 g/mol. The van der Waals surface area contributed by atoms with Crippen LogP contribution in [0.1, 0.15) is 12.8 Å². The number of halogens is 1. The fraction of sp³-hybridized carbons (Fsp3) is 0.263. The number of fused-ring (bicyclic) bond motifs is 1. The highest BCUT2D eigenvalue weighted by Crippen LogP contribution is 2.31. The van der Waals surface area contributed by atoms with Crippen molar-refractivity contribution in [1.29, 1.82) is 0 Å². The van der Waals surface area contributed by atoms with Crippen LogP contribution in [0, 0.1) is 5.92 Å². The van der Waals surface area contributed by atoms with E-state index in [1.54, 1.807) is 18.3 Å². The summed E-state index contributed by atoms with van der Waals surface area (Å²) in [6.07, 6.45) is 2.75. The first-order valence-electron chi connectivity index (χ1n) is 8.84. The smallest absolute Gasteiger partial charge is 0.252 e. The maximum absolute atomic E-state index is 12.7. The maximum Gasteiger partial charge on any atom is 0.252 e. The zero-order valence-corrected chi connectivity index (χ0v) is 18.1. The molecule has 1 saturated heterocycles. The molecule has 0 radical (unpaired) electrons. The average Bonchev–Trinajstić information content (AvgIpc) is 3.15. The molecule has 1 aliphatic rings. The molecule has 0 atom stereocenters. The molecule has 6 nitrogen and oxygen atoms in total. The third kappa shape index (κ3) is 3.98. The summed E-state index contributed by atoms with van der Waals surface area (Å²) in [4.78, 5) is 16.9. The molecule has 1 aromatic carbocycles. The van der Waals surface area contributed by atoms with Crippen molar-refractivity contribution in [3.05, 3.63) is 52.4 Å². The fourth-order valence-electron chi connectivity index (χ4n) is 3.32. The van der Waals surface area contributed by atoms with Crippen LogP contribution in [0.15, 0.2) is 56.7 Å². The van der Waals surface area contributed by atoms with Gasteiger partial charge in [-0.3, -0.25) is 9.78 Å². The lowest BCUT2D eigenvalue weighted by atomic mass is 9.97. The van der Waals surface area contributed by atoms with E-state index in [2.05, 4.69) is 26.2 Å². The maximum atomic E-state index is 12.7. The molecular formula is C19H18BrN3O3S2. The first kappa shape index (κ1) is 19.5. The lowest BCUT2D eigenvalue weighted by molar-refractivity contribution is -0.120. The number of sulfonamides is 1. The van der Waals surface area contributed by atoms with Crippen LogP contribution in [-0.2, 0) is 14.8 Å². The molecule has 3 heterocycles. The van der Waals surface area contributed by atoms with Crippen molar-refractivity contribution >= 4 is 59.8 Å². The van der Waals surface area contributed by atoms with Gasteiger partial charge in [0.25, 0.3) is 10.0 Å². The highest BCUT2D eigenvalue weighted by molar-refractivity contribution is 9.11. The molecule has 1 N–H and O–H groups in total. The first-order valence-corrected chi connectivity index (χ1v) is 11.9. The van der Waals surface area contributed by atoms with E-state index in [1.165, 1.54) is 15.6 Å². The third-order valence-corrected chi connectivity index (χ3v) is 8.83. The molecular weight excluding hydrogens is 462 g/mol. The molecule has 1 fully saturated rings. The van der Waals surface area contributed by atoms with Crippen LogP contribution in [0.2, 0.25) is 0 Å². The van der Waals surface area contributed by atoms with Gasteiger partial charge in [-0.05, 0) is 65.2 Å². The Balaban J connectivity index is 1.39. The van der Waals surface area contributed by atoms with Crippen LogP contribution in [0.3, 0.4) is 0 Å². The summed E-state index contributed by atoms with van der Waals surface area (Å²) in [6.45, 7) is 0.690. The Labute approximate surface area is 175 Å². The number of thiophene rings is 1. The van der Waals surface area contributed by atoms with Crippen LogP contribution in [0.25, 0.3) is 10.9 Å². The Morgan fingerprint density at radius 3 is 2.68 bits per heavy atom. The second-order valence-electron chi connectivity index (χ2n) is 6.64. The van der Waals surface area contributed by atoms with Gasteiger partial charge >= 0.3 is 0 Å². The summed E-state index contributed by atoms with van der Waals surface area (Å²) in [6, 6.07) is 12.8. The molecule has 0 unspecified atom stereocenters. The van der Waals surface area contributed by atoms with E-state index in [1.807, 2.05) is 30.3 Å². The van der Waals surface area contributed by atoms with E-state index >= 15 is 0 Å². The molecule has 28 heavy (non-hydrogen) atoms. The van der Waals surface area contributed by atoms with Crippen LogP contribution < -0.4 is 5.32 Å². The standard InChI is InChI=1S/C19H18BrN3O3S2/c20-17-5-6-18(27-17)28(25,26)23-10-7-13(8-11-23)19(24)22-15-3-4-16-14(12-15)2-1-9-21-16/h1-6,9,12-13H,7-8,10-11H2,(H,22,24). The number of anilines is 1. The van der Waals surface area contributed by atoms with E-state index < -0.39 is 10.0 Å². The van der Waals surface area contributed by atoms with Crippen molar-refractivity contribution in [2.45, 2.75) is 17.1 Å². The van der Waals surface area contributed by atoms with Gasteiger partial charge in [0.05, 0.1) is 9.30 Å². The molecule has 0 aliphatic carbocycles. The Bertz CT molecular complexity index is 1120. The van der Waals surface area contributed by atoms with Gasteiger partial charge in [-0.15, -0.1) is 11.3 Å². The molecule has 3 aromatic rings. The molecule has 0 bridgehead atoms. The second kappa shape index (κ2) is 7.90. The van der Waals surface area contributed by atoms with Crippen LogP contribution in [0.5, 0.6) is 0 Å². The predicted octanol–water partition coefficient (Wildman–Crippen LogP) is 4.10. The molecule has 0 saturated carbocycles. The molecule has 1 amide bonds. The van der Waals surface area contributed by atoms with Gasteiger partial charge < -0.3 is 5.32 Å². The Morgan fingerprint density at radius 2 is 1.96 bits per heavy atom. The van der Waals surface area contributed by atoms with Crippen LogP contribution in [-0.4, -0.2) is 36.7 Å². The van der Waals surface area contributed by atoms with Crippen molar-refractivity contribution < 1.29 is 13.2 Å². The number of aromatic nitrogens is 1. The summed E-state index contributed by atoms with van der Waals surface area (Å²) in [5.41, 5.74) is 1.60. The number of nitrogens with one attached hydrogen (secondary N) is 1. The number of rotatable bonds is 4. The number of hydrogen-bond acceptors (Lipinski definition) is 5. The molecule has 0 spiro atoms. The number of carbonyl (C=O) groups excluding carboxylic acids is 1. The normalized spacial score (nSPS) is 16.3. The van der Waals surface area contributed by atoms with Gasteiger partial charge in [0.2, 0.25) is 5.91 Å². The Kier molecular flexibility index (Phi) is 5.50. The van der Waals surface area contributed by atoms with Crippen LogP contribution >= 0.6 is 27.3 Å². The summed E-state index contributed by atoms with van der Waals surface area (Å²) in [5.74, 6) is -0.273. The van der Waals surface area contributed by atoms with Gasteiger partial charge in [0, 0.05) is 36.3 Å². The molecule has 4 rings (SSSR count). The highest BCUT2D eigenvalue weighted by Gasteiger charge is 2.32. The van der Waals surface area contributed by atoms with Crippen molar-refractivity contribution in [2.75, 3.05) is 18.4 Å². The minimum absolute atomic E-state index is 0.0702. The molecule has 1 aliphatic heterocycles. The van der Waals surface area contributed by atoms with E-state index in [9.17, 15) is 13.2 Å². The second-order valence-corrected chi connectivity index (χ2v) is 11.3. The van der Waals surface area contributed by atoms with Crippen LogP contribution in [0.4, 0.5) is 5.69 Å². The average molecular weight is 480 g/mol. The minimum Gasteiger partial charge on any atom is -0.326 e. The summed E-state index contributed by atoms with van der Waals surface area (Å²) in [5, 5.41) is 3.91. The molecule has 2 aromatic heterocycles. The van der Waals surface area contributed by atoms with E-state index in [0.717, 1.165) is 20.4 Å². The number of benzene rings is 1. The highest BCUT2D eigenvalue weighted by atomic mass is 79.9. The zero-order chi connectivity index (χ0) is 19.7. The largest absolute Gasteiger partial charge is 0.326 e. The number of hydrogen-bond donors (Lipinski definition) is 1. The van der Waals surface area contributed by atoms with Crippen molar-refractivity contribution in [3.63, 3.8) is 0 Å². The van der Waals surface area contributed by atoms with Crippen molar-refractivity contribution in [3.8, 4) is 0 Å². The SMILES string of the molecule is O=C(Nc1ccc2ncccc2c1)C1CCN(S(=O)(=O)c2ccc(Br)s2)CC1. The van der Waals surface area contributed by atoms with Crippen molar-refractivity contribution in [1.82, 2.24) is 9.29 Å². The predicted molar refractivity (Wildman–Crippen MR) is 114 cm³/mol. The zero-order valence-electron chi connectivity index (χ0n) is 14.8. The van der Waals surface area contributed by atoms with Gasteiger partial charge in [-0.2, -0.15) is 4.31 Å². The summed E-state index contributed by atoms with van der Waals surface area (Å²) < 4.78 is 28.0. The van der Waals surface area contributed by atoms with Gasteiger partial charge in [-0.1, -0.05) is 6.07 Å².